The summed E-state index contributed by atoms with van der Waals surface area (Å²) in [6.07, 6.45) is 8.23. The van der Waals surface area contributed by atoms with E-state index in [-0.39, 0.29) is 0 Å². The zero-order valence-electron chi connectivity index (χ0n) is 8.61. The zero-order valence-corrected chi connectivity index (χ0v) is 9.43. The van der Waals surface area contributed by atoms with Crippen molar-refractivity contribution in [2.75, 3.05) is 0 Å². The van der Waals surface area contributed by atoms with Crippen LogP contribution in [-0.4, -0.2) is 0 Å². The molecular weight excluding hydrogens is 190 g/mol. The highest BCUT2D eigenvalue weighted by molar-refractivity contribution is 7.07. The summed E-state index contributed by atoms with van der Waals surface area (Å²) in [6.45, 7) is 0. The standard InChI is InChI=1S/C12H19NS/c13-12(11-7-8-14-9-11)10-5-3-1-2-4-6-10/h7-10,12H,1-6,13H2/t12-/m0/s1. The second-order valence-electron chi connectivity index (χ2n) is 4.33. The van der Waals surface area contributed by atoms with Crippen LogP contribution in [0.25, 0.3) is 0 Å². The Morgan fingerprint density at radius 2 is 1.93 bits per heavy atom. The van der Waals surface area contributed by atoms with Crippen molar-refractivity contribution in [3.63, 3.8) is 0 Å². The Morgan fingerprint density at radius 1 is 1.21 bits per heavy atom. The highest BCUT2D eigenvalue weighted by Gasteiger charge is 2.20. The highest BCUT2D eigenvalue weighted by atomic mass is 32.1. The predicted octanol–water partition coefficient (Wildman–Crippen LogP) is 3.72. The normalized spacial score (nSPS) is 21.8. The van der Waals surface area contributed by atoms with Gasteiger partial charge in [-0.15, -0.1) is 0 Å². The van der Waals surface area contributed by atoms with Crippen LogP contribution in [0.5, 0.6) is 0 Å². The molecule has 0 aromatic carbocycles. The largest absolute Gasteiger partial charge is 0.324 e. The molecule has 0 unspecified atom stereocenters. The molecule has 2 N–H and O–H groups in total. The lowest BCUT2D eigenvalue weighted by molar-refractivity contribution is 0.383. The lowest BCUT2D eigenvalue weighted by atomic mass is 9.89. The topological polar surface area (TPSA) is 26.0 Å². The van der Waals surface area contributed by atoms with Gasteiger partial charge in [0.15, 0.2) is 0 Å². The third kappa shape index (κ3) is 2.37. The molecule has 2 rings (SSSR count). The summed E-state index contributed by atoms with van der Waals surface area (Å²) in [6, 6.07) is 2.47. The maximum Gasteiger partial charge on any atom is 0.0331 e. The van der Waals surface area contributed by atoms with E-state index in [0.717, 1.165) is 5.92 Å². The van der Waals surface area contributed by atoms with E-state index in [9.17, 15) is 0 Å². The van der Waals surface area contributed by atoms with E-state index in [4.69, 9.17) is 5.73 Å². The molecule has 0 spiro atoms. The Balaban J connectivity index is 1.99. The summed E-state index contributed by atoms with van der Waals surface area (Å²) in [5.41, 5.74) is 7.64. The third-order valence-corrected chi connectivity index (χ3v) is 4.04. The van der Waals surface area contributed by atoms with Crippen molar-refractivity contribution < 1.29 is 0 Å². The summed E-state index contributed by atoms with van der Waals surface area (Å²) < 4.78 is 0. The average Bonchev–Trinajstić information content (AvgIpc) is 2.59. The molecule has 1 fully saturated rings. The molecular formula is C12H19NS. The maximum atomic E-state index is 6.29. The van der Waals surface area contributed by atoms with Crippen LogP contribution in [0.1, 0.15) is 50.1 Å². The fourth-order valence-corrected chi connectivity index (χ4v) is 3.11. The minimum Gasteiger partial charge on any atom is -0.324 e. The Labute approximate surface area is 90.3 Å². The molecule has 0 radical (unpaired) electrons. The van der Waals surface area contributed by atoms with Gasteiger partial charge in [-0.05, 0) is 41.1 Å². The Kier molecular flexibility index (Phi) is 3.60. The smallest absolute Gasteiger partial charge is 0.0331 e. The SMILES string of the molecule is N[C@H](c1ccsc1)C1CCCCCC1. The van der Waals surface area contributed by atoms with Gasteiger partial charge in [-0.2, -0.15) is 11.3 Å². The molecule has 78 valence electrons. The van der Waals surface area contributed by atoms with E-state index in [1.54, 1.807) is 11.3 Å². The van der Waals surface area contributed by atoms with Gasteiger partial charge in [-0.25, -0.2) is 0 Å². The van der Waals surface area contributed by atoms with Crippen LogP contribution in [0, 0.1) is 5.92 Å². The molecule has 14 heavy (non-hydrogen) atoms. The summed E-state index contributed by atoms with van der Waals surface area (Å²) in [5, 5.41) is 4.33. The van der Waals surface area contributed by atoms with Crippen molar-refractivity contribution in [3.8, 4) is 0 Å². The zero-order chi connectivity index (χ0) is 9.80. The number of hydrogen-bond donors (Lipinski definition) is 1. The van der Waals surface area contributed by atoms with Crippen molar-refractivity contribution in [1.82, 2.24) is 0 Å². The van der Waals surface area contributed by atoms with E-state index in [1.165, 1.54) is 44.1 Å². The van der Waals surface area contributed by atoms with Gasteiger partial charge in [-0.1, -0.05) is 25.7 Å². The van der Waals surface area contributed by atoms with Crippen molar-refractivity contribution in [3.05, 3.63) is 22.4 Å². The fraction of sp³-hybridized carbons (Fsp3) is 0.667. The first-order chi connectivity index (χ1) is 6.88. The first kappa shape index (κ1) is 10.2. The molecule has 0 bridgehead atoms. The van der Waals surface area contributed by atoms with E-state index < -0.39 is 0 Å². The van der Waals surface area contributed by atoms with Gasteiger partial charge in [0.2, 0.25) is 0 Å². The molecule has 0 amide bonds. The molecule has 1 aromatic rings. The van der Waals surface area contributed by atoms with Crippen LogP contribution in [0.15, 0.2) is 16.8 Å². The van der Waals surface area contributed by atoms with Crippen molar-refractivity contribution in [1.29, 1.82) is 0 Å². The summed E-state index contributed by atoms with van der Waals surface area (Å²) in [4.78, 5) is 0. The van der Waals surface area contributed by atoms with Gasteiger partial charge >= 0.3 is 0 Å². The van der Waals surface area contributed by atoms with Crippen molar-refractivity contribution in [2.24, 2.45) is 11.7 Å². The van der Waals surface area contributed by atoms with Gasteiger partial charge in [0.1, 0.15) is 0 Å². The van der Waals surface area contributed by atoms with Gasteiger partial charge in [-0.3, -0.25) is 0 Å². The van der Waals surface area contributed by atoms with Gasteiger partial charge in [0.05, 0.1) is 0 Å². The van der Waals surface area contributed by atoms with Crippen LogP contribution < -0.4 is 5.73 Å². The lowest BCUT2D eigenvalue weighted by Gasteiger charge is -2.21. The molecule has 0 saturated heterocycles. The Hall–Kier alpha value is -0.340. The van der Waals surface area contributed by atoms with Crippen molar-refractivity contribution >= 4 is 11.3 Å². The third-order valence-electron chi connectivity index (χ3n) is 3.34. The van der Waals surface area contributed by atoms with Crippen LogP contribution in [0.3, 0.4) is 0 Å². The van der Waals surface area contributed by atoms with Gasteiger partial charge in [0, 0.05) is 6.04 Å². The van der Waals surface area contributed by atoms with Gasteiger partial charge < -0.3 is 5.73 Å². The second kappa shape index (κ2) is 4.94. The summed E-state index contributed by atoms with van der Waals surface area (Å²) in [7, 11) is 0. The number of thiophene rings is 1. The second-order valence-corrected chi connectivity index (χ2v) is 5.11. The first-order valence-corrected chi connectivity index (χ1v) is 6.60. The molecule has 2 heteroatoms. The maximum absolute atomic E-state index is 6.29. The molecule has 1 heterocycles. The number of nitrogens with two attached hydrogens (primary N) is 1. The molecule has 1 aliphatic rings. The van der Waals surface area contributed by atoms with Crippen LogP contribution >= 0.6 is 11.3 Å². The van der Waals surface area contributed by atoms with Crippen LogP contribution in [0.4, 0.5) is 0 Å². The first-order valence-electron chi connectivity index (χ1n) is 5.65. The van der Waals surface area contributed by atoms with Gasteiger partial charge in [0.25, 0.3) is 0 Å². The fourth-order valence-electron chi connectivity index (χ4n) is 2.41. The van der Waals surface area contributed by atoms with Crippen molar-refractivity contribution in [2.45, 2.75) is 44.6 Å². The molecule has 1 atom stereocenters. The van der Waals surface area contributed by atoms with Crippen LogP contribution in [-0.2, 0) is 0 Å². The molecule has 1 saturated carbocycles. The van der Waals surface area contributed by atoms with Crippen LogP contribution in [0.2, 0.25) is 0 Å². The quantitative estimate of drug-likeness (QED) is 0.738. The predicted molar refractivity (Wildman–Crippen MR) is 62.4 cm³/mol. The van der Waals surface area contributed by atoms with E-state index in [0.29, 0.717) is 6.04 Å². The molecule has 1 aliphatic carbocycles. The van der Waals surface area contributed by atoms with E-state index in [2.05, 4.69) is 16.8 Å². The molecule has 1 aromatic heterocycles. The highest BCUT2D eigenvalue weighted by Crippen LogP contribution is 2.32. The summed E-state index contributed by atoms with van der Waals surface area (Å²) in [5.74, 6) is 0.729. The minimum atomic E-state index is 0.291. The number of hydrogen-bond acceptors (Lipinski definition) is 2. The monoisotopic (exact) mass is 209 g/mol. The average molecular weight is 209 g/mol. The minimum absolute atomic E-state index is 0.291. The molecule has 0 aliphatic heterocycles. The number of rotatable bonds is 2. The van der Waals surface area contributed by atoms with E-state index in [1.807, 2.05) is 0 Å². The Bertz CT molecular complexity index is 247. The Morgan fingerprint density at radius 3 is 2.50 bits per heavy atom. The van der Waals surface area contributed by atoms with E-state index >= 15 is 0 Å². The summed E-state index contributed by atoms with van der Waals surface area (Å²) >= 11 is 1.76. The lowest BCUT2D eigenvalue weighted by Crippen LogP contribution is -2.20. The molecule has 1 nitrogen and oxygen atoms in total.